The van der Waals surface area contributed by atoms with Crippen LogP contribution in [0.2, 0.25) is 0 Å². The highest BCUT2D eigenvalue weighted by Gasteiger charge is 2.11. The summed E-state index contributed by atoms with van der Waals surface area (Å²) < 4.78 is 10.6. The molecule has 0 radical (unpaired) electrons. The van der Waals surface area contributed by atoms with Crippen molar-refractivity contribution in [1.29, 1.82) is 0 Å². The number of ether oxygens (including phenoxy) is 1. The molecule has 0 aliphatic heterocycles. The van der Waals surface area contributed by atoms with Crippen molar-refractivity contribution in [2.75, 3.05) is 18.2 Å². The van der Waals surface area contributed by atoms with E-state index in [1.807, 2.05) is 0 Å². The topological polar surface area (TPSA) is 117 Å². The summed E-state index contributed by atoms with van der Waals surface area (Å²) in [5, 5.41) is 21.5. The Labute approximate surface area is 158 Å². The number of aromatic carboxylic acids is 1. The molecule has 0 fully saturated rings. The van der Waals surface area contributed by atoms with E-state index in [0.29, 0.717) is 11.6 Å². The van der Waals surface area contributed by atoms with Crippen molar-refractivity contribution < 1.29 is 23.8 Å². The Kier molecular flexibility index (Phi) is 5.72. The van der Waals surface area contributed by atoms with E-state index in [0.717, 1.165) is 23.1 Å². The van der Waals surface area contributed by atoms with Crippen molar-refractivity contribution in [2.45, 2.75) is 5.22 Å². The second-order valence-corrected chi connectivity index (χ2v) is 6.23. The standard InChI is InChI=1S/C18H15N3O5S/c1-25-14-8-4-11(5-9-14)16-20-21-18(26-16)27-10-15(22)19-13-6-2-12(3-7-13)17(23)24/h2-9H,10H2,1H3,(H,19,22)(H,23,24)/p-1. The number of thioether (sulfide) groups is 1. The van der Waals surface area contributed by atoms with Gasteiger partial charge in [0.15, 0.2) is 0 Å². The van der Waals surface area contributed by atoms with Crippen molar-refractivity contribution in [2.24, 2.45) is 0 Å². The first-order valence-electron chi connectivity index (χ1n) is 7.77. The third kappa shape index (κ3) is 4.85. The molecule has 0 spiro atoms. The average Bonchev–Trinajstić information content (AvgIpc) is 3.16. The van der Waals surface area contributed by atoms with Gasteiger partial charge in [0.1, 0.15) is 5.75 Å². The number of carbonyl (C=O) groups excluding carboxylic acids is 2. The molecule has 2 aromatic carbocycles. The van der Waals surface area contributed by atoms with Gasteiger partial charge in [0.2, 0.25) is 11.8 Å². The number of benzene rings is 2. The van der Waals surface area contributed by atoms with E-state index in [1.165, 1.54) is 24.3 Å². The lowest BCUT2D eigenvalue weighted by Crippen LogP contribution is -2.22. The molecule has 138 valence electrons. The summed E-state index contributed by atoms with van der Waals surface area (Å²) in [6.07, 6.45) is 0. The molecule has 3 rings (SSSR count). The molecule has 3 aromatic rings. The molecule has 1 aromatic heterocycles. The number of carboxylic acid groups (broad SMARTS) is 1. The Balaban J connectivity index is 1.54. The van der Waals surface area contributed by atoms with Crippen LogP contribution in [0.3, 0.4) is 0 Å². The van der Waals surface area contributed by atoms with Gasteiger partial charge in [-0.3, -0.25) is 4.79 Å². The molecule has 0 atom stereocenters. The van der Waals surface area contributed by atoms with Crippen molar-refractivity contribution in [1.82, 2.24) is 10.2 Å². The fraction of sp³-hybridized carbons (Fsp3) is 0.111. The van der Waals surface area contributed by atoms with E-state index in [2.05, 4.69) is 15.5 Å². The number of amides is 1. The number of aromatic nitrogens is 2. The average molecular weight is 384 g/mol. The molecule has 1 heterocycles. The number of nitrogens with one attached hydrogen (secondary N) is 1. The minimum absolute atomic E-state index is 0.0410. The van der Waals surface area contributed by atoms with Crippen LogP contribution in [-0.4, -0.2) is 34.9 Å². The summed E-state index contributed by atoms with van der Waals surface area (Å²) in [6, 6.07) is 12.9. The van der Waals surface area contributed by atoms with E-state index < -0.39 is 5.97 Å². The zero-order chi connectivity index (χ0) is 19.2. The number of carboxylic acids is 1. The van der Waals surface area contributed by atoms with Crippen LogP contribution in [0.15, 0.2) is 58.2 Å². The fourth-order valence-electron chi connectivity index (χ4n) is 2.13. The zero-order valence-electron chi connectivity index (χ0n) is 14.2. The Morgan fingerprint density at radius 2 is 1.81 bits per heavy atom. The Bertz CT molecular complexity index is 938. The Hall–Kier alpha value is -3.33. The maximum Gasteiger partial charge on any atom is 0.277 e. The van der Waals surface area contributed by atoms with Gasteiger partial charge in [-0.1, -0.05) is 23.9 Å². The van der Waals surface area contributed by atoms with Crippen LogP contribution in [0.5, 0.6) is 5.75 Å². The number of nitrogens with zero attached hydrogens (tertiary/aromatic N) is 2. The Morgan fingerprint density at radius 1 is 1.11 bits per heavy atom. The molecule has 1 N–H and O–H groups in total. The van der Waals surface area contributed by atoms with E-state index in [4.69, 9.17) is 9.15 Å². The van der Waals surface area contributed by atoms with Crippen molar-refractivity contribution in [3.8, 4) is 17.2 Å². The molecule has 1 amide bonds. The molecule has 0 unspecified atom stereocenters. The number of hydrogen-bond acceptors (Lipinski definition) is 8. The summed E-state index contributed by atoms with van der Waals surface area (Å²) >= 11 is 1.10. The van der Waals surface area contributed by atoms with Gasteiger partial charge < -0.3 is 24.4 Å². The molecule has 0 bridgehead atoms. The first kappa shape index (κ1) is 18.5. The molecule has 0 saturated carbocycles. The normalized spacial score (nSPS) is 10.4. The monoisotopic (exact) mass is 384 g/mol. The van der Waals surface area contributed by atoms with Gasteiger partial charge in [0.05, 0.1) is 18.8 Å². The van der Waals surface area contributed by atoms with E-state index in [9.17, 15) is 14.7 Å². The zero-order valence-corrected chi connectivity index (χ0v) is 15.0. The number of carbonyl (C=O) groups is 2. The van der Waals surface area contributed by atoms with Crippen LogP contribution in [0.4, 0.5) is 5.69 Å². The SMILES string of the molecule is COc1ccc(-c2nnc(SCC(=O)Nc3ccc(C(=O)[O-])cc3)o2)cc1. The van der Waals surface area contributed by atoms with Crippen LogP contribution in [0, 0.1) is 0 Å². The third-order valence-corrected chi connectivity index (χ3v) is 4.29. The van der Waals surface area contributed by atoms with Crippen molar-refractivity contribution in [3.05, 3.63) is 54.1 Å². The van der Waals surface area contributed by atoms with E-state index in [1.54, 1.807) is 31.4 Å². The molecule has 8 nitrogen and oxygen atoms in total. The number of methoxy groups -OCH3 is 1. The molecular formula is C18H14N3O5S-. The largest absolute Gasteiger partial charge is 0.545 e. The first-order chi connectivity index (χ1) is 13.0. The number of anilines is 1. The summed E-state index contributed by atoms with van der Waals surface area (Å²) in [5.74, 6) is -0.430. The summed E-state index contributed by atoms with van der Waals surface area (Å²) in [6.45, 7) is 0. The lowest BCUT2D eigenvalue weighted by Gasteiger charge is -2.06. The van der Waals surface area contributed by atoms with Crippen LogP contribution in [-0.2, 0) is 4.79 Å². The van der Waals surface area contributed by atoms with Gasteiger partial charge in [-0.05, 0) is 42.0 Å². The minimum atomic E-state index is -1.27. The van der Waals surface area contributed by atoms with Gasteiger partial charge in [-0.2, -0.15) is 0 Å². The molecule has 9 heteroatoms. The van der Waals surface area contributed by atoms with Crippen LogP contribution >= 0.6 is 11.8 Å². The Morgan fingerprint density at radius 3 is 2.44 bits per heavy atom. The summed E-state index contributed by atoms with van der Waals surface area (Å²) in [5.41, 5.74) is 1.27. The summed E-state index contributed by atoms with van der Waals surface area (Å²) in [4.78, 5) is 22.7. The van der Waals surface area contributed by atoms with Crippen LogP contribution in [0.25, 0.3) is 11.5 Å². The van der Waals surface area contributed by atoms with E-state index >= 15 is 0 Å². The highest BCUT2D eigenvalue weighted by molar-refractivity contribution is 7.99. The maximum atomic E-state index is 12.0. The number of hydrogen-bond donors (Lipinski definition) is 1. The van der Waals surface area contributed by atoms with Crippen molar-refractivity contribution in [3.63, 3.8) is 0 Å². The third-order valence-electron chi connectivity index (χ3n) is 3.47. The van der Waals surface area contributed by atoms with Crippen LogP contribution in [0.1, 0.15) is 10.4 Å². The highest BCUT2D eigenvalue weighted by atomic mass is 32.2. The first-order valence-corrected chi connectivity index (χ1v) is 8.75. The summed E-state index contributed by atoms with van der Waals surface area (Å²) in [7, 11) is 1.58. The van der Waals surface area contributed by atoms with Crippen molar-refractivity contribution >= 4 is 29.3 Å². The van der Waals surface area contributed by atoms with Gasteiger partial charge >= 0.3 is 0 Å². The molecule has 0 saturated heterocycles. The predicted molar refractivity (Wildman–Crippen MR) is 96.4 cm³/mol. The maximum absolute atomic E-state index is 12.0. The second kappa shape index (κ2) is 8.37. The second-order valence-electron chi connectivity index (χ2n) is 5.30. The van der Waals surface area contributed by atoms with Crippen LogP contribution < -0.4 is 15.2 Å². The predicted octanol–water partition coefficient (Wildman–Crippen LogP) is 1.84. The molecule has 27 heavy (non-hydrogen) atoms. The number of rotatable bonds is 7. The van der Waals surface area contributed by atoms with Gasteiger partial charge in [0.25, 0.3) is 5.22 Å². The molecule has 0 aliphatic carbocycles. The smallest absolute Gasteiger partial charge is 0.277 e. The van der Waals surface area contributed by atoms with Gasteiger partial charge in [0, 0.05) is 11.3 Å². The lowest BCUT2D eigenvalue weighted by atomic mass is 10.2. The molecular weight excluding hydrogens is 370 g/mol. The van der Waals surface area contributed by atoms with Gasteiger partial charge in [-0.15, -0.1) is 10.2 Å². The highest BCUT2D eigenvalue weighted by Crippen LogP contribution is 2.25. The fourth-order valence-corrected chi connectivity index (χ4v) is 2.70. The minimum Gasteiger partial charge on any atom is -0.545 e. The molecule has 0 aliphatic rings. The van der Waals surface area contributed by atoms with Gasteiger partial charge in [-0.25, -0.2) is 0 Å². The lowest BCUT2D eigenvalue weighted by molar-refractivity contribution is -0.255. The van der Waals surface area contributed by atoms with E-state index in [-0.39, 0.29) is 22.4 Å². The quantitative estimate of drug-likeness (QED) is 0.613.